The molecule has 0 saturated carbocycles. The Morgan fingerprint density at radius 2 is 2.12 bits per heavy atom. The van der Waals surface area contributed by atoms with Crippen LogP contribution in [0.2, 0.25) is 0 Å². The largest absolute Gasteiger partial charge is 0.480 e. The van der Waals surface area contributed by atoms with Gasteiger partial charge in [0.05, 0.1) is 0 Å². The van der Waals surface area contributed by atoms with Crippen molar-refractivity contribution in [2.45, 2.75) is 24.0 Å². The van der Waals surface area contributed by atoms with Crippen LogP contribution >= 0.6 is 11.8 Å². The fourth-order valence-corrected chi connectivity index (χ4v) is 2.25. The molecule has 0 aliphatic rings. The Bertz CT molecular complexity index is 396. The lowest BCUT2D eigenvalue weighted by Gasteiger charge is -2.16. The van der Waals surface area contributed by atoms with E-state index >= 15 is 0 Å². The zero-order valence-electron chi connectivity index (χ0n) is 9.11. The summed E-state index contributed by atoms with van der Waals surface area (Å²) in [5.41, 5.74) is 6.06. The minimum atomic E-state index is -0.913. The summed E-state index contributed by atoms with van der Waals surface area (Å²) < 4.78 is 13.0. The molecule has 0 amide bonds. The Morgan fingerprint density at radius 3 is 2.62 bits per heavy atom. The Morgan fingerprint density at radius 1 is 1.50 bits per heavy atom. The Kier molecular flexibility index (Phi) is 4.18. The molecule has 0 heterocycles. The second-order valence-electron chi connectivity index (χ2n) is 3.80. The lowest BCUT2D eigenvalue weighted by molar-refractivity contribution is -0.137. The predicted octanol–water partition coefficient (Wildman–Crippen LogP) is 2.61. The van der Waals surface area contributed by atoms with Gasteiger partial charge in [-0.15, -0.1) is 11.8 Å². The van der Waals surface area contributed by atoms with Crippen LogP contribution in [0, 0.1) is 11.7 Å². The number of nitrogens with two attached hydrogens (primary N) is 1. The van der Waals surface area contributed by atoms with Gasteiger partial charge in [0.15, 0.2) is 0 Å². The number of nitrogen functional groups attached to an aromatic ring is 1. The number of anilines is 1. The van der Waals surface area contributed by atoms with Crippen LogP contribution in [0.5, 0.6) is 0 Å². The molecule has 0 aliphatic carbocycles. The quantitative estimate of drug-likeness (QED) is 0.630. The molecule has 16 heavy (non-hydrogen) atoms. The number of carboxylic acid groups (broad SMARTS) is 1. The van der Waals surface area contributed by atoms with E-state index in [0.717, 1.165) is 11.8 Å². The molecule has 1 aromatic rings. The van der Waals surface area contributed by atoms with Crippen molar-refractivity contribution in [3.8, 4) is 0 Å². The van der Waals surface area contributed by atoms with Gasteiger partial charge < -0.3 is 10.8 Å². The molecule has 88 valence electrons. The molecule has 0 aromatic heterocycles. The Hall–Kier alpha value is -1.23. The van der Waals surface area contributed by atoms with E-state index in [1.807, 2.05) is 0 Å². The van der Waals surface area contributed by atoms with Gasteiger partial charge in [0.25, 0.3) is 0 Å². The molecule has 0 radical (unpaired) electrons. The highest BCUT2D eigenvalue weighted by Crippen LogP contribution is 2.32. The third kappa shape index (κ3) is 3.13. The third-order valence-corrected chi connectivity index (χ3v) is 3.69. The number of halogens is 1. The van der Waals surface area contributed by atoms with Gasteiger partial charge in [-0.25, -0.2) is 4.39 Å². The first-order valence-electron chi connectivity index (χ1n) is 4.86. The minimum Gasteiger partial charge on any atom is -0.480 e. The first-order valence-corrected chi connectivity index (χ1v) is 5.74. The van der Waals surface area contributed by atoms with Crippen LogP contribution in [0.4, 0.5) is 10.1 Å². The Labute approximate surface area is 97.8 Å². The van der Waals surface area contributed by atoms with Crippen molar-refractivity contribution in [2.75, 3.05) is 5.73 Å². The first kappa shape index (κ1) is 12.8. The molecule has 0 saturated heterocycles. The first-order chi connectivity index (χ1) is 7.41. The number of benzene rings is 1. The van der Waals surface area contributed by atoms with E-state index in [4.69, 9.17) is 10.8 Å². The van der Waals surface area contributed by atoms with Crippen LogP contribution in [0.3, 0.4) is 0 Å². The topological polar surface area (TPSA) is 63.3 Å². The van der Waals surface area contributed by atoms with Crippen molar-refractivity contribution in [1.29, 1.82) is 0 Å². The molecular weight excluding hydrogens is 229 g/mol. The molecule has 1 aromatic carbocycles. The van der Waals surface area contributed by atoms with Crippen LogP contribution in [-0.4, -0.2) is 16.3 Å². The maximum absolute atomic E-state index is 13.0. The fourth-order valence-electron chi connectivity index (χ4n) is 1.22. The lowest BCUT2D eigenvalue weighted by atomic mass is 10.1. The molecule has 0 aliphatic heterocycles. The van der Waals surface area contributed by atoms with Crippen molar-refractivity contribution >= 4 is 23.4 Å². The van der Waals surface area contributed by atoms with Gasteiger partial charge in [-0.05, 0) is 24.1 Å². The van der Waals surface area contributed by atoms with Gasteiger partial charge in [-0.2, -0.15) is 0 Å². The highest BCUT2D eigenvalue weighted by atomic mass is 32.2. The number of aliphatic carboxylic acids is 1. The molecule has 5 heteroatoms. The maximum Gasteiger partial charge on any atom is 0.317 e. The van der Waals surface area contributed by atoms with E-state index in [1.54, 1.807) is 13.8 Å². The van der Waals surface area contributed by atoms with E-state index in [1.165, 1.54) is 18.2 Å². The lowest BCUT2D eigenvalue weighted by Crippen LogP contribution is -2.22. The molecule has 1 atom stereocenters. The number of hydrogen-bond donors (Lipinski definition) is 2. The van der Waals surface area contributed by atoms with Gasteiger partial charge in [0.2, 0.25) is 0 Å². The second kappa shape index (κ2) is 5.21. The monoisotopic (exact) mass is 243 g/mol. The Balaban J connectivity index is 2.93. The zero-order chi connectivity index (χ0) is 12.3. The number of rotatable bonds is 4. The van der Waals surface area contributed by atoms with Gasteiger partial charge in [0.1, 0.15) is 11.1 Å². The molecular formula is C11H14FNO2S. The van der Waals surface area contributed by atoms with E-state index < -0.39 is 17.0 Å². The van der Waals surface area contributed by atoms with Crippen molar-refractivity contribution < 1.29 is 14.3 Å². The van der Waals surface area contributed by atoms with E-state index in [2.05, 4.69) is 0 Å². The standard InChI is InChI=1S/C11H14FNO2S/c1-6(2)10(11(14)15)16-9-5-7(12)3-4-8(9)13/h3-6,10H,13H2,1-2H3,(H,14,15). The summed E-state index contributed by atoms with van der Waals surface area (Å²) in [5, 5.41) is 8.39. The van der Waals surface area contributed by atoms with E-state index in [0.29, 0.717) is 10.6 Å². The summed E-state index contributed by atoms with van der Waals surface area (Å²) in [5.74, 6) is -1.38. The van der Waals surface area contributed by atoms with Crippen molar-refractivity contribution in [3.05, 3.63) is 24.0 Å². The zero-order valence-corrected chi connectivity index (χ0v) is 9.92. The van der Waals surface area contributed by atoms with Crippen LogP contribution < -0.4 is 5.73 Å². The summed E-state index contributed by atoms with van der Waals surface area (Å²) >= 11 is 1.08. The molecule has 3 nitrogen and oxygen atoms in total. The van der Waals surface area contributed by atoms with E-state index in [9.17, 15) is 9.18 Å². The van der Waals surface area contributed by atoms with Crippen molar-refractivity contribution in [1.82, 2.24) is 0 Å². The summed E-state index contributed by atoms with van der Waals surface area (Å²) in [6.07, 6.45) is 0. The summed E-state index contributed by atoms with van der Waals surface area (Å²) in [6, 6.07) is 3.96. The molecule has 0 fully saturated rings. The maximum atomic E-state index is 13.0. The van der Waals surface area contributed by atoms with Gasteiger partial charge >= 0.3 is 5.97 Å². The highest BCUT2D eigenvalue weighted by Gasteiger charge is 2.23. The van der Waals surface area contributed by atoms with Crippen molar-refractivity contribution in [2.24, 2.45) is 5.92 Å². The molecule has 0 spiro atoms. The number of hydrogen-bond acceptors (Lipinski definition) is 3. The van der Waals surface area contributed by atoms with Crippen LogP contribution in [0.1, 0.15) is 13.8 Å². The molecule has 3 N–H and O–H groups in total. The second-order valence-corrected chi connectivity index (χ2v) is 4.99. The van der Waals surface area contributed by atoms with Crippen LogP contribution in [0.25, 0.3) is 0 Å². The van der Waals surface area contributed by atoms with Crippen molar-refractivity contribution in [3.63, 3.8) is 0 Å². The van der Waals surface area contributed by atoms with Crippen LogP contribution in [-0.2, 0) is 4.79 Å². The average Bonchev–Trinajstić information content (AvgIpc) is 2.18. The fraction of sp³-hybridized carbons (Fsp3) is 0.364. The number of carbonyl (C=O) groups is 1. The predicted molar refractivity (Wildman–Crippen MR) is 62.9 cm³/mol. The van der Waals surface area contributed by atoms with Crippen LogP contribution in [0.15, 0.2) is 23.1 Å². The number of carboxylic acids is 1. The summed E-state index contributed by atoms with van der Waals surface area (Å²) in [4.78, 5) is 11.5. The normalized spacial score (nSPS) is 12.8. The SMILES string of the molecule is CC(C)C(Sc1cc(F)ccc1N)C(=O)O. The minimum absolute atomic E-state index is 0.0508. The van der Waals surface area contributed by atoms with Gasteiger partial charge in [-0.3, -0.25) is 4.79 Å². The molecule has 1 unspecified atom stereocenters. The van der Waals surface area contributed by atoms with Gasteiger partial charge in [0, 0.05) is 10.6 Å². The molecule has 1 rings (SSSR count). The van der Waals surface area contributed by atoms with Gasteiger partial charge in [-0.1, -0.05) is 13.8 Å². The molecule has 0 bridgehead atoms. The summed E-state index contributed by atoms with van der Waals surface area (Å²) in [7, 11) is 0. The summed E-state index contributed by atoms with van der Waals surface area (Å²) in [6.45, 7) is 3.61. The highest BCUT2D eigenvalue weighted by molar-refractivity contribution is 8.00. The smallest absolute Gasteiger partial charge is 0.317 e. The third-order valence-electron chi connectivity index (χ3n) is 2.08. The number of thioether (sulfide) groups is 1. The van der Waals surface area contributed by atoms with E-state index in [-0.39, 0.29) is 5.92 Å². The average molecular weight is 243 g/mol.